The molecule has 0 atom stereocenters. The number of halogens is 1. The zero-order valence-corrected chi connectivity index (χ0v) is 13.1. The Labute approximate surface area is 135 Å². The Morgan fingerprint density at radius 3 is 2.36 bits per heavy atom. The predicted octanol–water partition coefficient (Wildman–Crippen LogP) is 3.69. The third-order valence-electron chi connectivity index (χ3n) is 2.85. The summed E-state index contributed by atoms with van der Waals surface area (Å²) in [7, 11) is 0. The largest absolute Gasteiger partial charge is 0.412 e. The Balaban J connectivity index is 1.77. The number of nitro benzene ring substituents is 1. The van der Waals surface area contributed by atoms with Crippen LogP contribution in [0, 0.1) is 10.1 Å². The van der Waals surface area contributed by atoms with Crippen LogP contribution in [0.5, 0.6) is 5.75 Å². The highest BCUT2D eigenvalue weighted by Crippen LogP contribution is 2.17. The zero-order chi connectivity index (χ0) is 15.9. The van der Waals surface area contributed by atoms with Gasteiger partial charge in [0.2, 0.25) is 0 Å². The van der Waals surface area contributed by atoms with Crippen molar-refractivity contribution in [2.24, 2.45) is 0 Å². The van der Waals surface area contributed by atoms with Gasteiger partial charge in [-0.05, 0) is 36.2 Å². The highest BCUT2D eigenvalue weighted by molar-refractivity contribution is 9.10. The molecule has 0 heterocycles. The van der Waals surface area contributed by atoms with Gasteiger partial charge in [0.1, 0.15) is 5.75 Å². The first kappa shape index (κ1) is 16.0. The quantitative estimate of drug-likeness (QED) is 0.647. The first-order chi connectivity index (χ1) is 10.5. The van der Waals surface area contributed by atoms with E-state index in [2.05, 4.69) is 21.2 Å². The van der Waals surface area contributed by atoms with Crippen LogP contribution in [0.4, 0.5) is 10.5 Å². The normalized spacial score (nSPS) is 10.0. The van der Waals surface area contributed by atoms with E-state index in [1.54, 1.807) is 0 Å². The number of nitrogens with zero attached hydrogens (tertiary/aromatic N) is 1. The minimum atomic E-state index is -0.592. The number of hydrogen-bond acceptors (Lipinski definition) is 4. The summed E-state index contributed by atoms with van der Waals surface area (Å²) < 4.78 is 6.03. The summed E-state index contributed by atoms with van der Waals surface area (Å²) in [6.45, 7) is 0.438. The van der Waals surface area contributed by atoms with Crippen LogP contribution in [0.25, 0.3) is 0 Å². The number of carbonyl (C=O) groups is 1. The summed E-state index contributed by atoms with van der Waals surface area (Å²) in [5.41, 5.74) is 1.04. The molecule has 2 rings (SSSR count). The fourth-order valence-electron chi connectivity index (χ4n) is 1.74. The second-order valence-electron chi connectivity index (χ2n) is 4.44. The maximum Gasteiger partial charge on any atom is 0.412 e. The van der Waals surface area contributed by atoms with E-state index in [1.165, 1.54) is 24.3 Å². The molecule has 0 aliphatic rings. The van der Waals surface area contributed by atoms with Crippen LogP contribution in [-0.2, 0) is 6.42 Å². The molecule has 2 aromatic rings. The highest BCUT2D eigenvalue weighted by Gasteiger charge is 2.07. The monoisotopic (exact) mass is 364 g/mol. The topological polar surface area (TPSA) is 81.5 Å². The van der Waals surface area contributed by atoms with Crippen molar-refractivity contribution >= 4 is 27.7 Å². The van der Waals surface area contributed by atoms with Crippen molar-refractivity contribution in [3.63, 3.8) is 0 Å². The van der Waals surface area contributed by atoms with Crippen LogP contribution < -0.4 is 10.1 Å². The average molecular weight is 365 g/mol. The van der Waals surface area contributed by atoms with Crippen molar-refractivity contribution in [1.29, 1.82) is 0 Å². The smallest absolute Gasteiger partial charge is 0.410 e. The van der Waals surface area contributed by atoms with Gasteiger partial charge in [0.15, 0.2) is 0 Å². The Morgan fingerprint density at radius 2 is 1.77 bits per heavy atom. The summed E-state index contributed by atoms with van der Waals surface area (Å²) >= 11 is 3.36. The first-order valence-corrected chi connectivity index (χ1v) is 7.28. The minimum absolute atomic E-state index is 0.0528. The average Bonchev–Trinajstić information content (AvgIpc) is 2.50. The van der Waals surface area contributed by atoms with E-state index in [0.29, 0.717) is 13.0 Å². The van der Waals surface area contributed by atoms with E-state index in [1.807, 2.05) is 24.3 Å². The molecule has 2 aromatic carbocycles. The van der Waals surface area contributed by atoms with Crippen molar-refractivity contribution < 1.29 is 14.5 Å². The number of amides is 1. The molecule has 6 nitrogen and oxygen atoms in total. The molecule has 0 aliphatic carbocycles. The van der Waals surface area contributed by atoms with Gasteiger partial charge in [-0.25, -0.2) is 4.79 Å². The van der Waals surface area contributed by atoms with E-state index < -0.39 is 11.0 Å². The molecule has 0 aromatic heterocycles. The van der Waals surface area contributed by atoms with E-state index in [-0.39, 0.29) is 11.4 Å². The number of nitrogens with one attached hydrogen (secondary N) is 1. The second kappa shape index (κ2) is 7.56. The van der Waals surface area contributed by atoms with Crippen LogP contribution >= 0.6 is 15.9 Å². The molecular weight excluding hydrogens is 352 g/mol. The number of benzene rings is 2. The van der Waals surface area contributed by atoms with Gasteiger partial charge in [-0.15, -0.1) is 0 Å². The molecule has 7 heteroatoms. The van der Waals surface area contributed by atoms with Crippen molar-refractivity contribution in [2.75, 3.05) is 6.54 Å². The third kappa shape index (κ3) is 4.85. The maximum absolute atomic E-state index is 11.6. The molecule has 0 spiro atoms. The highest BCUT2D eigenvalue weighted by atomic mass is 79.9. The second-order valence-corrected chi connectivity index (χ2v) is 5.36. The SMILES string of the molecule is O=C(NCCc1ccc(Br)cc1)Oc1ccc([N+](=O)[O-])cc1. The van der Waals surface area contributed by atoms with Crippen LogP contribution in [0.3, 0.4) is 0 Å². The third-order valence-corrected chi connectivity index (χ3v) is 3.38. The fraction of sp³-hybridized carbons (Fsp3) is 0.133. The molecule has 0 bridgehead atoms. The lowest BCUT2D eigenvalue weighted by Gasteiger charge is -2.06. The number of hydrogen-bond donors (Lipinski definition) is 1. The van der Waals surface area contributed by atoms with Crippen LogP contribution in [-0.4, -0.2) is 17.6 Å². The van der Waals surface area contributed by atoms with Crippen molar-refractivity contribution in [2.45, 2.75) is 6.42 Å². The van der Waals surface area contributed by atoms with Crippen LogP contribution in [0.15, 0.2) is 53.0 Å². The lowest BCUT2D eigenvalue weighted by molar-refractivity contribution is -0.384. The predicted molar refractivity (Wildman–Crippen MR) is 85.0 cm³/mol. The van der Waals surface area contributed by atoms with E-state index in [0.717, 1.165) is 10.0 Å². The van der Waals surface area contributed by atoms with Gasteiger partial charge >= 0.3 is 6.09 Å². The van der Waals surface area contributed by atoms with Crippen molar-refractivity contribution in [1.82, 2.24) is 5.32 Å². The standard InChI is InChI=1S/C15H13BrN2O4/c16-12-3-1-11(2-4-12)9-10-17-15(19)22-14-7-5-13(6-8-14)18(20)21/h1-8H,9-10H2,(H,17,19). The molecule has 0 unspecified atom stereocenters. The van der Waals surface area contributed by atoms with E-state index in [9.17, 15) is 14.9 Å². The van der Waals surface area contributed by atoms with E-state index >= 15 is 0 Å². The lowest BCUT2D eigenvalue weighted by atomic mass is 10.1. The van der Waals surface area contributed by atoms with Gasteiger partial charge < -0.3 is 10.1 Å². The number of ether oxygens (including phenoxy) is 1. The summed E-state index contributed by atoms with van der Waals surface area (Å²) in [6, 6.07) is 13.1. The molecule has 114 valence electrons. The van der Waals surface area contributed by atoms with Gasteiger partial charge in [-0.1, -0.05) is 28.1 Å². The van der Waals surface area contributed by atoms with Crippen molar-refractivity contribution in [3.8, 4) is 5.75 Å². The molecule has 0 fully saturated rings. The minimum Gasteiger partial charge on any atom is -0.410 e. The molecule has 1 N–H and O–H groups in total. The maximum atomic E-state index is 11.6. The molecule has 0 radical (unpaired) electrons. The summed E-state index contributed by atoms with van der Waals surface area (Å²) in [4.78, 5) is 21.6. The summed E-state index contributed by atoms with van der Waals surface area (Å²) in [5.74, 6) is 0.256. The van der Waals surface area contributed by atoms with E-state index in [4.69, 9.17) is 4.74 Å². The number of carbonyl (C=O) groups excluding carboxylic acids is 1. The molecular formula is C15H13BrN2O4. The van der Waals surface area contributed by atoms with Crippen molar-refractivity contribution in [3.05, 3.63) is 68.7 Å². The molecule has 22 heavy (non-hydrogen) atoms. The van der Waals surface area contributed by atoms with Gasteiger partial charge in [0, 0.05) is 23.2 Å². The Bertz CT molecular complexity index is 656. The van der Waals surface area contributed by atoms with Crippen LogP contribution in [0.1, 0.15) is 5.56 Å². The Hall–Kier alpha value is -2.41. The Kier molecular flexibility index (Phi) is 5.48. The summed E-state index contributed by atoms with van der Waals surface area (Å²) in [6.07, 6.45) is 0.0915. The first-order valence-electron chi connectivity index (χ1n) is 6.49. The number of nitro groups is 1. The molecule has 1 amide bonds. The summed E-state index contributed by atoms with van der Waals surface area (Å²) in [5, 5.41) is 13.1. The zero-order valence-electron chi connectivity index (χ0n) is 11.5. The fourth-order valence-corrected chi connectivity index (χ4v) is 2.00. The Morgan fingerprint density at radius 1 is 1.14 bits per heavy atom. The van der Waals surface area contributed by atoms with Crippen LogP contribution in [0.2, 0.25) is 0 Å². The number of rotatable bonds is 5. The molecule has 0 saturated heterocycles. The molecule has 0 saturated carbocycles. The number of non-ortho nitro benzene ring substituents is 1. The van der Waals surface area contributed by atoms with Gasteiger partial charge in [0.25, 0.3) is 5.69 Å². The lowest BCUT2D eigenvalue weighted by Crippen LogP contribution is -2.28. The molecule has 0 aliphatic heterocycles. The van der Waals surface area contributed by atoms with Gasteiger partial charge in [-0.2, -0.15) is 0 Å². The van der Waals surface area contributed by atoms with Gasteiger partial charge in [-0.3, -0.25) is 10.1 Å². The van der Waals surface area contributed by atoms with Gasteiger partial charge in [0.05, 0.1) is 4.92 Å².